The van der Waals surface area contributed by atoms with E-state index in [0.29, 0.717) is 18.1 Å². The second kappa shape index (κ2) is 4.46. The van der Waals surface area contributed by atoms with Crippen molar-refractivity contribution in [1.82, 2.24) is 4.90 Å². The van der Waals surface area contributed by atoms with Gasteiger partial charge in [0.05, 0.1) is 11.5 Å². The van der Waals surface area contributed by atoms with E-state index in [1.165, 1.54) is 19.3 Å². The normalized spacial score (nSPS) is 38.7. The van der Waals surface area contributed by atoms with E-state index in [9.17, 15) is 8.42 Å². The van der Waals surface area contributed by atoms with Crippen molar-refractivity contribution < 1.29 is 8.42 Å². The molecule has 3 aliphatic rings. The summed E-state index contributed by atoms with van der Waals surface area (Å²) in [5.41, 5.74) is 6.00. The van der Waals surface area contributed by atoms with E-state index in [1.807, 2.05) is 0 Å². The van der Waals surface area contributed by atoms with Crippen molar-refractivity contribution in [2.45, 2.75) is 37.6 Å². The second-order valence-electron chi connectivity index (χ2n) is 6.44. The van der Waals surface area contributed by atoms with Crippen LogP contribution in [0.4, 0.5) is 0 Å². The summed E-state index contributed by atoms with van der Waals surface area (Å²) < 4.78 is 23.2. The van der Waals surface area contributed by atoms with E-state index in [1.54, 1.807) is 0 Å². The smallest absolute Gasteiger partial charge is 0.150 e. The lowest BCUT2D eigenvalue weighted by Gasteiger charge is -2.44. The highest BCUT2D eigenvalue weighted by Crippen LogP contribution is 2.42. The minimum Gasteiger partial charge on any atom is -0.329 e. The average Bonchev–Trinajstić information content (AvgIpc) is 2.90. The third-order valence-electron chi connectivity index (χ3n) is 5.53. The summed E-state index contributed by atoms with van der Waals surface area (Å²) in [6.07, 6.45) is 5.59. The quantitative estimate of drug-likeness (QED) is 0.800. The van der Waals surface area contributed by atoms with Crippen LogP contribution in [0.25, 0.3) is 0 Å². The van der Waals surface area contributed by atoms with Gasteiger partial charge in [-0.3, -0.25) is 4.90 Å². The molecule has 0 aromatic heterocycles. The zero-order valence-corrected chi connectivity index (χ0v) is 11.8. The van der Waals surface area contributed by atoms with E-state index >= 15 is 0 Å². The molecule has 0 spiro atoms. The van der Waals surface area contributed by atoms with Gasteiger partial charge in [-0.05, 0) is 37.5 Å². The lowest BCUT2D eigenvalue weighted by molar-refractivity contribution is 0.101. The van der Waals surface area contributed by atoms with Crippen molar-refractivity contribution in [3.63, 3.8) is 0 Å². The maximum absolute atomic E-state index is 11.6. The summed E-state index contributed by atoms with van der Waals surface area (Å²) >= 11 is 0. The molecule has 3 rings (SSSR count). The fraction of sp³-hybridized carbons (Fsp3) is 1.00. The summed E-state index contributed by atoms with van der Waals surface area (Å²) in [5.74, 6) is 2.37. The molecule has 0 bridgehead atoms. The molecule has 1 saturated carbocycles. The average molecular weight is 272 g/mol. The third-order valence-corrected chi connectivity index (χ3v) is 7.19. The molecular weight excluding hydrogens is 248 g/mol. The van der Waals surface area contributed by atoms with Crippen molar-refractivity contribution in [2.24, 2.45) is 17.6 Å². The molecule has 2 unspecified atom stereocenters. The molecule has 0 aromatic rings. The van der Waals surface area contributed by atoms with Crippen LogP contribution in [0, 0.1) is 11.8 Å². The summed E-state index contributed by atoms with van der Waals surface area (Å²) in [5, 5.41) is 0. The first kappa shape index (κ1) is 12.9. The lowest BCUT2D eigenvalue weighted by Crippen LogP contribution is -2.57. The zero-order chi connectivity index (χ0) is 12.8. The van der Waals surface area contributed by atoms with Crippen LogP contribution in [-0.2, 0) is 9.84 Å². The molecular formula is C13H24N2O2S. The molecule has 104 valence electrons. The summed E-state index contributed by atoms with van der Waals surface area (Å²) in [4.78, 5) is 2.54. The predicted molar refractivity (Wildman–Crippen MR) is 72.1 cm³/mol. The number of fused-ring (bicyclic) bond motifs is 1. The molecule has 1 aliphatic carbocycles. The van der Waals surface area contributed by atoms with Gasteiger partial charge in [0.25, 0.3) is 0 Å². The Morgan fingerprint density at radius 2 is 1.67 bits per heavy atom. The van der Waals surface area contributed by atoms with Gasteiger partial charge in [-0.15, -0.1) is 0 Å². The molecule has 2 atom stereocenters. The van der Waals surface area contributed by atoms with Crippen LogP contribution in [0.3, 0.4) is 0 Å². The summed E-state index contributed by atoms with van der Waals surface area (Å²) in [6, 6.07) is 0. The molecule has 5 heteroatoms. The maximum atomic E-state index is 11.6. The maximum Gasteiger partial charge on any atom is 0.150 e. The number of hydrogen-bond acceptors (Lipinski definition) is 4. The number of nitrogens with two attached hydrogens (primary N) is 1. The summed E-state index contributed by atoms with van der Waals surface area (Å²) in [6.45, 7) is 2.92. The minimum absolute atomic E-state index is 0.0182. The van der Waals surface area contributed by atoms with Crippen LogP contribution < -0.4 is 5.73 Å². The SMILES string of the molecule is NCC1(N2CC3CCCC3C2)CCS(=O)(=O)CC1. The highest BCUT2D eigenvalue weighted by Gasteiger charge is 2.47. The second-order valence-corrected chi connectivity index (χ2v) is 8.74. The van der Waals surface area contributed by atoms with Crippen LogP contribution in [-0.4, -0.2) is 50.0 Å². The van der Waals surface area contributed by atoms with Gasteiger partial charge in [0.1, 0.15) is 9.84 Å². The Morgan fingerprint density at radius 1 is 1.11 bits per heavy atom. The largest absolute Gasteiger partial charge is 0.329 e. The van der Waals surface area contributed by atoms with Crippen molar-refractivity contribution in [2.75, 3.05) is 31.1 Å². The molecule has 2 aliphatic heterocycles. The first-order valence-electron chi connectivity index (χ1n) is 7.20. The Labute approximate surface area is 110 Å². The first-order valence-corrected chi connectivity index (χ1v) is 9.02. The van der Waals surface area contributed by atoms with Gasteiger partial charge in [-0.2, -0.15) is 0 Å². The first-order chi connectivity index (χ1) is 8.55. The molecule has 0 amide bonds. The highest BCUT2D eigenvalue weighted by molar-refractivity contribution is 7.91. The zero-order valence-electron chi connectivity index (χ0n) is 11.0. The number of nitrogens with zero attached hydrogens (tertiary/aromatic N) is 1. The lowest BCUT2D eigenvalue weighted by atomic mass is 9.90. The fourth-order valence-electron chi connectivity index (χ4n) is 4.19. The van der Waals surface area contributed by atoms with E-state index in [0.717, 1.165) is 37.8 Å². The molecule has 2 saturated heterocycles. The number of likely N-dealkylation sites (tertiary alicyclic amines) is 1. The minimum atomic E-state index is -2.79. The van der Waals surface area contributed by atoms with Gasteiger partial charge in [-0.1, -0.05) is 6.42 Å². The van der Waals surface area contributed by atoms with Gasteiger partial charge in [0, 0.05) is 25.2 Å². The molecule has 3 fully saturated rings. The third kappa shape index (κ3) is 2.10. The van der Waals surface area contributed by atoms with Crippen molar-refractivity contribution in [3.8, 4) is 0 Å². The molecule has 2 N–H and O–H groups in total. The number of sulfone groups is 1. The van der Waals surface area contributed by atoms with Gasteiger partial charge in [-0.25, -0.2) is 8.42 Å². The topological polar surface area (TPSA) is 63.4 Å². The van der Waals surface area contributed by atoms with Crippen molar-refractivity contribution in [1.29, 1.82) is 0 Å². The molecule has 2 heterocycles. The van der Waals surface area contributed by atoms with Crippen LogP contribution in [0.15, 0.2) is 0 Å². The van der Waals surface area contributed by atoms with Crippen molar-refractivity contribution in [3.05, 3.63) is 0 Å². The number of rotatable bonds is 2. The predicted octanol–water partition coefficient (Wildman–Crippen LogP) is 0.624. The Hall–Kier alpha value is -0.130. The highest BCUT2D eigenvalue weighted by atomic mass is 32.2. The van der Waals surface area contributed by atoms with Gasteiger partial charge < -0.3 is 5.73 Å². The fourth-order valence-corrected chi connectivity index (χ4v) is 5.78. The Kier molecular flexibility index (Phi) is 3.19. The monoisotopic (exact) mass is 272 g/mol. The number of hydrogen-bond donors (Lipinski definition) is 1. The molecule has 0 radical (unpaired) electrons. The van der Waals surface area contributed by atoms with Crippen LogP contribution in [0.5, 0.6) is 0 Å². The molecule has 18 heavy (non-hydrogen) atoms. The van der Waals surface area contributed by atoms with Crippen molar-refractivity contribution >= 4 is 9.84 Å². The van der Waals surface area contributed by atoms with E-state index in [2.05, 4.69) is 4.90 Å². The Bertz CT molecular complexity index is 395. The van der Waals surface area contributed by atoms with Crippen LogP contribution in [0.2, 0.25) is 0 Å². The van der Waals surface area contributed by atoms with Crippen LogP contribution in [0.1, 0.15) is 32.1 Å². The molecule has 4 nitrogen and oxygen atoms in total. The van der Waals surface area contributed by atoms with E-state index in [4.69, 9.17) is 5.73 Å². The standard InChI is InChI=1S/C13H24N2O2S/c14-10-13(4-6-18(16,17)7-5-13)15-8-11-2-1-3-12(11)9-15/h11-12H,1-10,14H2. The van der Waals surface area contributed by atoms with E-state index < -0.39 is 9.84 Å². The van der Waals surface area contributed by atoms with Gasteiger partial charge in [0.2, 0.25) is 0 Å². The van der Waals surface area contributed by atoms with E-state index in [-0.39, 0.29) is 5.54 Å². The van der Waals surface area contributed by atoms with Crippen LogP contribution >= 0.6 is 0 Å². The Morgan fingerprint density at radius 3 is 2.17 bits per heavy atom. The summed E-state index contributed by atoms with van der Waals surface area (Å²) in [7, 11) is -2.79. The van der Waals surface area contributed by atoms with Gasteiger partial charge in [0.15, 0.2) is 0 Å². The van der Waals surface area contributed by atoms with Gasteiger partial charge >= 0.3 is 0 Å². The Balaban J connectivity index is 1.73. The molecule has 0 aromatic carbocycles.